The SMILES string of the molecule is CCC1(C(=O)O)CCN(C(=O)c2cncc(O)c2)CC1. The van der Waals surface area contributed by atoms with Crippen molar-refractivity contribution in [3.8, 4) is 5.75 Å². The van der Waals surface area contributed by atoms with Crippen LogP contribution >= 0.6 is 0 Å². The van der Waals surface area contributed by atoms with Crippen LogP contribution in [0.15, 0.2) is 18.5 Å². The van der Waals surface area contributed by atoms with Gasteiger partial charge in [-0.3, -0.25) is 14.6 Å². The van der Waals surface area contributed by atoms with E-state index in [2.05, 4.69) is 4.98 Å². The van der Waals surface area contributed by atoms with Crippen LogP contribution in [-0.4, -0.2) is 45.1 Å². The number of carbonyl (C=O) groups excluding carboxylic acids is 1. The van der Waals surface area contributed by atoms with Crippen molar-refractivity contribution in [3.63, 3.8) is 0 Å². The standard InChI is InChI=1S/C14H18N2O4/c1-2-14(13(19)20)3-5-16(6-4-14)12(18)10-7-11(17)9-15-8-10/h7-9,17H,2-6H2,1H3,(H,19,20). The number of rotatable bonds is 3. The van der Waals surface area contributed by atoms with E-state index in [0.717, 1.165) is 0 Å². The average Bonchev–Trinajstić information content (AvgIpc) is 2.46. The van der Waals surface area contributed by atoms with Gasteiger partial charge in [-0.15, -0.1) is 0 Å². The number of piperidine rings is 1. The van der Waals surface area contributed by atoms with Crippen molar-refractivity contribution in [1.82, 2.24) is 9.88 Å². The smallest absolute Gasteiger partial charge is 0.309 e. The molecule has 108 valence electrons. The molecular weight excluding hydrogens is 260 g/mol. The number of likely N-dealkylation sites (tertiary alicyclic amines) is 1. The minimum absolute atomic E-state index is 0.0544. The number of aliphatic carboxylic acids is 1. The lowest BCUT2D eigenvalue weighted by Crippen LogP contribution is -2.46. The Kier molecular flexibility index (Phi) is 3.92. The van der Waals surface area contributed by atoms with Crippen molar-refractivity contribution in [2.75, 3.05) is 13.1 Å². The fourth-order valence-electron chi connectivity index (χ4n) is 2.58. The first-order valence-electron chi connectivity index (χ1n) is 6.65. The van der Waals surface area contributed by atoms with Crippen molar-refractivity contribution in [3.05, 3.63) is 24.0 Å². The Morgan fingerprint density at radius 3 is 2.50 bits per heavy atom. The third kappa shape index (κ3) is 2.59. The van der Waals surface area contributed by atoms with Gasteiger partial charge in [-0.1, -0.05) is 6.92 Å². The number of aromatic nitrogens is 1. The maximum absolute atomic E-state index is 12.2. The van der Waals surface area contributed by atoms with E-state index in [9.17, 15) is 19.8 Å². The number of hydrogen-bond donors (Lipinski definition) is 2. The van der Waals surface area contributed by atoms with Crippen molar-refractivity contribution in [2.45, 2.75) is 26.2 Å². The van der Waals surface area contributed by atoms with E-state index < -0.39 is 11.4 Å². The third-order valence-electron chi connectivity index (χ3n) is 4.11. The van der Waals surface area contributed by atoms with Gasteiger partial charge in [0.15, 0.2) is 0 Å². The Hall–Kier alpha value is -2.11. The highest BCUT2D eigenvalue weighted by Crippen LogP contribution is 2.35. The number of hydrogen-bond acceptors (Lipinski definition) is 4. The number of amides is 1. The molecule has 0 spiro atoms. The molecule has 0 radical (unpaired) electrons. The van der Waals surface area contributed by atoms with E-state index in [0.29, 0.717) is 37.9 Å². The molecule has 20 heavy (non-hydrogen) atoms. The van der Waals surface area contributed by atoms with Crippen LogP contribution < -0.4 is 0 Å². The predicted octanol–water partition coefficient (Wildman–Crippen LogP) is 1.50. The zero-order chi connectivity index (χ0) is 14.8. The van der Waals surface area contributed by atoms with Crippen LogP contribution in [-0.2, 0) is 4.79 Å². The molecule has 2 heterocycles. The third-order valence-corrected chi connectivity index (χ3v) is 4.11. The molecule has 1 aromatic rings. The highest BCUT2D eigenvalue weighted by atomic mass is 16.4. The Bertz CT molecular complexity index is 522. The zero-order valence-corrected chi connectivity index (χ0v) is 11.4. The van der Waals surface area contributed by atoms with Crippen molar-refractivity contribution in [1.29, 1.82) is 0 Å². The van der Waals surface area contributed by atoms with Crippen LogP contribution in [0.4, 0.5) is 0 Å². The van der Waals surface area contributed by atoms with E-state index in [4.69, 9.17) is 0 Å². The highest BCUT2D eigenvalue weighted by molar-refractivity contribution is 5.94. The number of nitrogens with zero attached hydrogens (tertiary/aromatic N) is 2. The number of carbonyl (C=O) groups is 2. The molecule has 0 unspecified atom stereocenters. The van der Waals surface area contributed by atoms with Gasteiger partial charge in [-0.05, 0) is 25.3 Å². The summed E-state index contributed by atoms with van der Waals surface area (Å²) < 4.78 is 0. The molecule has 2 N–H and O–H groups in total. The van der Waals surface area contributed by atoms with Crippen LogP contribution in [0.5, 0.6) is 5.75 Å². The molecule has 1 aliphatic rings. The summed E-state index contributed by atoms with van der Waals surface area (Å²) in [5, 5.41) is 18.7. The molecule has 0 saturated carbocycles. The second-order valence-corrected chi connectivity index (χ2v) is 5.16. The number of carboxylic acids is 1. The molecule has 6 nitrogen and oxygen atoms in total. The Morgan fingerprint density at radius 1 is 1.35 bits per heavy atom. The predicted molar refractivity (Wildman–Crippen MR) is 71.4 cm³/mol. The van der Waals surface area contributed by atoms with Gasteiger partial charge in [0.05, 0.1) is 17.2 Å². The number of pyridine rings is 1. The summed E-state index contributed by atoms with van der Waals surface area (Å²) in [6.07, 6.45) is 4.14. The first-order chi connectivity index (χ1) is 9.48. The zero-order valence-electron chi connectivity index (χ0n) is 11.4. The Morgan fingerprint density at radius 2 is 2.00 bits per heavy atom. The maximum Gasteiger partial charge on any atom is 0.309 e. The lowest BCUT2D eigenvalue weighted by Gasteiger charge is -2.38. The van der Waals surface area contributed by atoms with Crippen LogP contribution in [0.3, 0.4) is 0 Å². The fraction of sp³-hybridized carbons (Fsp3) is 0.500. The maximum atomic E-state index is 12.2. The van der Waals surface area contributed by atoms with E-state index in [-0.39, 0.29) is 11.7 Å². The molecule has 2 rings (SSSR count). The van der Waals surface area contributed by atoms with Gasteiger partial charge in [-0.2, -0.15) is 0 Å². The molecule has 1 aliphatic heterocycles. The van der Waals surface area contributed by atoms with Crippen LogP contribution in [0, 0.1) is 5.41 Å². The average molecular weight is 278 g/mol. The Balaban J connectivity index is 2.07. The summed E-state index contributed by atoms with van der Waals surface area (Å²) in [6, 6.07) is 1.37. The van der Waals surface area contributed by atoms with E-state index in [1.54, 1.807) is 4.90 Å². The molecule has 0 aliphatic carbocycles. The van der Waals surface area contributed by atoms with Gasteiger partial charge in [0, 0.05) is 19.3 Å². The second kappa shape index (κ2) is 5.48. The lowest BCUT2D eigenvalue weighted by atomic mass is 9.76. The molecule has 1 amide bonds. The summed E-state index contributed by atoms with van der Waals surface area (Å²) >= 11 is 0. The minimum atomic E-state index is -0.786. The molecule has 1 saturated heterocycles. The largest absolute Gasteiger partial charge is 0.506 e. The van der Waals surface area contributed by atoms with Gasteiger partial charge in [0.2, 0.25) is 0 Å². The second-order valence-electron chi connectivity index (χ2n) is 5.16. The van der Waals surface area contributed by atoms with E-state index >= 15 is 0 Å². The van der Waals surface area contributed by atoms with Gasteiger partial charge >= 0.3 is 5.97 Å². The normalized spacial score (nSPS) is 17.8. The molecule has 0 atom stereocenters. The quantitative estimate of drug-likeness (QED) is 0.874. The van der Waals surface area contributed by atoms with Crippen LogP contribution in [0.1, 0.15) is 36.5 Å². The number of aromatic hydroxyl groups is 1. The topological polar surface area (TPSA) is 90.7 Å². The minimum Gasteiger partial charge on any atom is -0.506 e. The van der Waals surface area contributed by atoms with E-state index in [1.807, 2.05) is 6.92 Å². The molecule has 6 heteroatoms. The van der Waals surface area contributed by atoms with Gasteiger partial charge < -0.3 is 15.1 Å². The first-order valence-corrected chi connectivity index (χ1v) is 6.65. The molecular formula is C14H18N2O4. The molecule has 0 bridgehead atoms. The van der Waals surface area contributed by atoms with Gasteiger partial charge in [0.25, 0.3) is 5.91 Å². The van der Waals surface area contributed by atoms with E-state index in [1.165, 1.54) is 18.5 Å². The molecule has 0 aromatic carbocycles. The Labute approximate surface area is 117 Å². The van der Waals surface area contributed by atoms with Crippen molar-refractivity contribution >= 4 is 11.9 Å². The highest BCUT2D eigenvalue weighted by Gasteiger charge is 2.40. The monoisotopic (exact) mass is 278 g/mol. The molecule has 1 fully saturated rings. The lowest BCUT2D eigenvalue weighted by molar-refractivity contribution is -0.152. The molecule has 1 aromatic heterocycles. The summed E-state index contributed by atoms with van der Waals surface area (Å²) in [7, 11) is 0. The summed E-state index contributed by atoms with van der Waals surface area (Å²) in [5.41, 5.74) is -0.391. The fourth-order valence-corrected chi connectivity index (χ4v) is 2.58. The van der Waals surface area contributed by atoms with Crippen molar-refractivity contribution < 1.29 is 19.8 Å². The van der Waals surface area contributed by atoms with Crippen molar-refractivity contribution in [2.24, 2.45) is 5.41 Å². The summed E-state index contributed by atoms with van der Waals surface area (Å²) in [5.74, 6) is -1.06. The van der Waals surface area contributed by atoms with Gasteiger partial charge in [0.1, 0.15) is 5.75 Å². The first kappa shape index (κ1) is 14.3. The van der Waals surface area contributed by atoms with Gasteiger partial charge in [-0.25, -0.2) is 0 Å². The van der Waals surface area contributed by atoms with Crippen LogP contribution in [0.25, 0.3) is 0 Å². The van der Waals surface area contributed by atoms with Crippen LogP contribution in [0.2, 0.25) is 0 Å². The summed E-state index contributed by atoms with van der Waals surface area (Å²) in [4.78, 5) is 29.0. The number of carboxylic acid groups (broad SMARTS) is 1. The summed E-state index contributed by atoms with van der Waals surface area (Å²) in [6.45, 7) is 2.69.